The van der Waals surface area contributed by atoms with Gasteiger partial charge in [-0.25, -0.2) is 9.13 Å². The molecule has 0 bridgehead atoms. The number of carbonyl (C=O) groups is 4. The first-order valence-corrected chi connectivity index (χ1v) is 43.0. The molecule has 0 aromatic rings. The van der Waals surface area contributed by atoms with Crippen LogP contribution in [0.1, 0.15) is 259 Å². The van der Waals surface area contributed by atoms with E-state index < -0.39 is 97.5 Å². The second-order valence-corrected chi connectivity index (χ2v) is 28.4. The number of esters is 4. The molecule has 108 heavy (non-hydrogen) atoms. The van der Waals surface area contributed by atoms with Crippen LogP contribution < -0.4 is 0 Å². The third-order valence-corrected chi connectivity index (χ3v) is 17.3. The molecule has 0 rings (SSSR count). The second-order valence-electron chi connectivity index (χ2n) is 25.5. The fourth-order valence-electron chi connectivity index (χ4n) is 9.51. The minimum absolute atomic E-state index is 0.0429. The van der Waals surface area contributed by atoms with Crippen molar-refractivity contribution >= 4 is 39.5 Å². The first-order chi connectivity index (χ1) is 52.7. The SMILES string of the molecule is CC/C=C\C/C=C\C/C=C\C/C=C\C/C=C\CCCC(=O)OCC(COP(=O)(O)OCC(O)COP(=O)(O)OCC(COC(=O)CCC/C=C\C/C=C\C/C=C\C/C=C\C/C=C\CC)OC(=O)CCCCCC/C=C\C/C=C\C/C=C\C/C=C\CC)OC(=O)CCCCCC/C=C\C/C=C\C/C=C\C/C=C\CC. The molecule has 0 aromatic carbocycles. The lowest BCUT2D eigenvalue weighted by Crippen LogP contribution is -2.30. The third-order valence-electron chi connectivity index (χ3n) is 15.4. The van der Waals surface area contributed by atoms with Crippen LogP contribution in [0.5, 0.6) is 0 Å². The summed E-state index contributed by atoms with van der Waals surface area (Å²) >= 11 is 0. The molecule has 0 saturated carbocycles. The van der Waals surface area contributed by atoms with Gasteiger partial charge in [0, 0.05) is 25.7 Å². The number of rotatable bonds is 72. The van der Waals surface area contributed by atoms with Crippen LogP contribution in [0.25, 0.3) is 0 Å². The largest absolute Gasteiger partial charge is 0.472 e. The summed E-state index contributed by atoms with van der Waals surface area (Å²) in [7, 11) is -10.0. The number of aliphatic hydroxyl groups excluding tert-OH is 1. The fraction of sp³-hybridized carbons (Fsp3) is 0.551. The molecule has 0 fully saturated rings. The average molecular weight is 1540 g/mol. The van der Waals surface area contributed by atoms with Crippen LogP contribution in [-0.2, 0) is 65.4 Å². The molecule has 19 heteroatoms. The van der Waals surface area contributed by atoms with Crippen molar-refractivity contribution in [3.8, 4) is 0 Å². The standard InChI is InChI=1S/C89H138O17P2/c1-5-9-13-17-21-25-29-33-37-41-45-49-53-57-61-65-69-73-86(91)99-79-84(105-88(93)75-71-67-63-59-55-51-47-43-39-35-31-27-23-19-15-11-7-3)81-103-107(95,96)101-77-83(90)78-102-108(97,98)104-82-85(106-89(94)76-72-68-64-60-56-52-48-44-40-36-32-28-24-20-16-12-8-4)80-100-87(92)74-70-66-62-58-54-50-46-42-38-34-30-26-22-18-14-10-6-2/h9-16,21-28,33-40,45-52,57-58,61-62,83-85,90H,5-8,17-20,29-32,41-44,53-56,59-60,63-82H2,1-4H3,(H,95,96)(H,97,98)/b13-9-,14-10-,15-11-,16-12-,25-21-,26-22-,27-23-,28-24-,37-33-,38-34-,39-35-,40-36-,49-45-,50-46-,51-47-,52-48-,61-57-,62-58-. The van der Waals surface area contributed by atoms with Crippen molar-refractivity contribution in [1.82, 2.24) is 0 Å². The van der Waals surface area contributed by atoms with Gasteiger partial charge in [0.1, 0.15) is 19.3 Å². The highest BCUT2D eigenvalue weighted by Gasteiger charge is 2.30. The first kappa shape index (κ1) is 101. The Morgan fingerprint density at radius 1 is 0.259 bits per heavy atom. The molecule has 0 aliphatic carbocycles. The molecule has 17 nitrogen and oxygen atoms in total. The van der Waals surface area contributed by atoms with E-state index in [9.17, 15) is 43.2 Å². The summed E-state index contributed by atoms with van der Waals surface area (Å²) in [5, 5.41) is 10.7. The smallest absolute Gasteiger partial charge is 0.462 e. The van der Waals surface area contributed by atoms with Gasteiger partial charge in [0.15, 0.2) is 12.2 Å². The van der Waals surface area contributed by atoms with E-state index in [0.29, 0.717) is 38.5 Å². The predicted octanol–water partition coefficient (Wildman–Crippen LogP) is 23.7. The summed E-state index contributed by atoms with van der Waals surface area (Å²) < 4.78 is 68.5. The summed E-state index contributed by atoms with van der Waals surface area (Å²) in [6.07, 6.45) is 99.3. The van der Waals surface area contributed by atoms with Crippen molar-refractivity contribution < 1.29 is 80.2 Å². The fourth-order valence-corrected chi connectivity index (χ4v) is 11.1. The van der Waals surface area contributed by atoms with E-state index in [2.05, 4.69) is 222 Å². The summed E-state index contributed by atoms with van der Waals surface area (Å²) in [6.45, 7) is 4.19. The zero-order chi connectivity index (χ0) is 78.9. The molecule has 0 aliphatic rings. The van der Waals surface area contributed by atoms with Gasteiger partial charge in [-0.05, 0) is 180 Å². The van der Waals surface area contributed by atoms with E-state index in [-0.39, 0.29) is 25.7 Å². The van der Waals surface area contributed by atoms with Crippen LogP contribution in [0.2, 0.25) is 0 Å². The van der Waals surface area contributed by atoms with Crippen LogP contribution in [0.4, 0.5) is 0 Å². The zero-order valence-corrected chi connectivity index (χ0v) is 68.0. The lowest BCUT2D eigenvalue weighted by atomic mass is 10.1. The van der Waals surface area contributed by atoms with Gasteiger partial charge in [-0.2, -0.15) is 0 Å². The normalized spacial score (nSPS) is 15.0. The van der Waals surface area contributed by atoms with Crippen LogP contribution in [0.15, 0.2) is 219 Å². The third kappa shape index (κ3) is 77.5. The average Bonchev–Trinajstić information content (AvgIpc) is 0.880. The van der Waals surface area contributed by atoms with Crippen LogP contribution >= 0.6 is 15.6 Å². The highest BCUT2D eigenvalue weighted by atomic mass is 31.2. The molecule has 0 saturated heterocycles. The lowest BCUT2D eigenvalue weighted by Gasteiger charge is -2.21. The Bertz CT molecular complexity index is 2720. The molecule has 0 aromatic heterocycles. The Morgan fingerprint density at radius 2 is 0.463 bits per heavy atom. The number of phosphoric ester groups is 2. The predicted molar refractivity (Wildman–Crippen MR) is 445 cm³/mol. The summed E-state index contributed by atoms with van der Waals surface area (Å²) in [4.78, 5) is 73.1. The maximum atomic E-state index is 13.1. The van der Waals surface area contributed by atoms with Gasteiger partial charge in [-0.1, -0.05) is 272 Å². The van der Waals surface area contributed by atoms with Gasteiger partial charge < -0.3 is 33.8 Å². The molecule has 0 heterocycles. The molecule has 0 spiro atoms. The second kappa shape index (κ2) is 78.5. The van der Waals surface area contributed by atoms with Crippen molar-refractivity contribution in [1.29, 1.82) is 0 Å². The Balaban J connectivity index is 5.56. The van der Waals surface area contributed by atoms with E-state index in [0.717, 1.165) is 167 Å². The van der Waals surface area contributed by atoms with Gasteiger partial charge in [-0.15, -0.1) is 0 Å². The maximum Gasteiger partial charge on any atom is 0.472 e. The van der Waals surface area contributed by atoms with Crippen molar-refractivity contribution in [2.75, 3.05) is 39.6 Å². The quantitative estimate of drug-likeness (QED) is 0.0169. The van der Waals surface area contributed by atoms with Gasteiger partial charge >= 0.3 is 39.5 Å². The van der Waals surface area contributed by atoms with Crippen LogP contribution in [-0.4, -0.2) is 96.7 Å². The number of aliphatic hydroxyl groups is 1. The zero-order valence-electron chi connectivity index (χ0n) is 66.2. The van der Waals surface area contributed by atoms with Gasteiger partial charge in [0.2, 0.25) is 0 Å². The maximum absolute atomic E-state index is 13.1. The van der Waals surface area contributed by atoms with Gasteiger partial charge in [-0.3, -0.25) is 37.3 Å². The molecule has 606 valence electrons. The van der Waals surface area contributed by atoms with Crippen LogP contribution in [0.3, 0.4) is 0 Å². The number of phosphoric acid groups is 2. The molecule has 3 N–H and O–H groups in total. The number of hydrogen-bond donors (Lipinski definition) is 3. The van der Waals surface area contributed by atoms with Crippen molar-refractivity contribution in [3.63, 3.8) is 0 Å². The van der Waals surface area contributed by atoms with Gasteiger partial charge in [0.05, 0.1) is 26.4 Å². The summed E-state index contributed by atoms with van der Waals surface area (Å²) in [5.74, 6) is -2.39. The number of hydrogen-bond acceptors (Lipinski definition) is 15. The van der Waals surface area contributed by atoms with E-state index >= 15 is 0 Å². The molecule has 0 amide bonds. The van der Waals surface area contributed by atoms with E-state index in [1.54, 1.807) is 0 Å². The van der Waals surface area contributed by atoms with Crippen molar-refractivity contribution in [2.24, 2.45) is 0 Å². The number of allylic oxidation sites excluding steroid dienone is 36. The number of ether oxygens (including phenoxy) is 4. The Hall–Kier alpha value is -6.62. The summed E-state index contributed by atoms with van der Waals surface area (Å²) in [6, 6.07) is 0. The number of unbranched alkanes of at least 4 members (excludes halogenated alkanes) is 10. The minimum atomic E-state index is -5.02. The molecule has 4 unspecified atom stereocenters. The van der Waals surface area contributed by atoms with Crippen molar-refractivity contribution in [3.05, 3.63) is 219 Å². The van der Waals surface area contributed by atoms with Gasteiger partial charge in [0.25, 0.3) is 0 Å². The van der Waals surface area contributed by atoms with E-state index in [4.69, 9.17) is 37.0 Å². The molecular weight excluding hydrogens is 1400 g/mol. The molecular formula is C89H138O17P2. The topological polar surface area (TPSA) is 237 Å². The minimum Gasteiger partial charge on any atom is -0.462 e. The highest BCUT2D eigenvalue weighted by Crippen LogP contribution is 2.45. The summed E-state index contributed by atoms with van der Waals surface area (Å²) in [5.41, 5.74) is 0. The lowest BCUT2D eigenvalue weighted by molar-refractivity contribution is -0.161. The van der Waals surface area contributed by atoms with E-state index in [1.165, 1.54) is 0 Å². The highest BCUT2D eigenvalue weighted by molar-refractivity contribution is 7.47. The first-order valence-electron chi connectivity index (χ1n) is 40.0. The Kier molecular flexibility index (Phi) is 73.7. The van der Waals surface area contributed by atoms with Crippen LogP contribution in [0, 0.1) is 0 Å². The van der Waals surface area contributed by atoms with E-state index in [1.807, 2.05) is 24.3 Å². The number of carbonyl (C=O) groups excluding carboxylic acids is 4. The molecule has 4 atom stereocenters. The Labute approximate surface area is 651 Å². The monoisotopic (exact) mass is 1540 g/mol. The molecule has 0 radical (unpaired) electrons. The molecule has 0 aliphatic heterocycles. The Morgan fingerprint density at radius 3 is 0.713 bits per heavy atom. The van der Waals surface area contributed by atoms with Crippen molar-refractivity contribution in [2.45, 2.75) is 277 Å².